The van der Waals surface area contributed by atoms with Crippen LogP contribution in [0, 0.1) is 0 Å². The monoisotopic (exact) mass is 159 g/mol. The largest absolute Gasteiger partial charge is 0.303 e. The molecule has 0 bridgehead atoms. The minimum atomic E-state index is 0.880. The molecule has 1 rings (SSSR count). The minimum absolute atomic E-state index is 0.880. The molecular formula is C8H17NS. The van der Waals surface area contributed by atoms with Crippen LogP contribution >= 0.6 is 11.8 Å². The highest BCUT2D eigenvalue weighted by atomic mass is 32.2. The molecule has 2 heteroatoms. The SMILES string of the molecule is CCSCC1CCCN1C. The van der Waals surface area contributed by atoms with Crippen molar-refractivity contribution in [2.45, 2.75) is 25.8 Å². The van der Waals surface area contributed by atoms with Gasteiger partial charge in [-0.2, -0.15) is 11.8 Å². The van der Waals surface area contributed by atoms with Gasteiger partial charge in [0.2, 0.25) is 0 Å². The van der Waals surface area contributed by atoms with E-state index >= 15 is 0 Å². The third-order valence-corrected chi connectivity index (χ3v) is 3.21. The number of likely N-dealkylation sites (tertiary alicyclic amines) is 1. The molecular weight excluding hydrogens is 142 g/mol. The second kappa shape index (κ2) is 4.24. The Morgan fingerprint density at radius 3 is 2.90 bits per heavy atom. The van der Waals surface area contributed by atoms with Crippen LogP contribution in [-0.4, -0.2) is 36.0 Å². The van der Waals surface area contributed by atoms with Crippen LogP contribution in [0.3, 0.4) is 0 Å². The topological polar surface area (TPSA) is 3.24 Å². The molecule has 1 heterocycles. The van der Waals surface area contributed by atoms with E-state index in [1.807, 2.05) is 0 Å². The molecule has 0 aliphatic carbocycles. The first-order chi connectivity index (χ1) is 4.84. The van der Waals surface area contributed by atoms with Crippen LogP contribution in [0.4, 0.5) is 0 Å². The molecule has 1 fully saturated rings. The summed E-state index contributed by atoms with van der Waals surface area (Å²) in [5, 5.41) is 0. The molecule has 1 atom stereocenters. The lowest BCUT2D eigenvalue weighted by molar-refractivity contribution is 0.335. The summed E-state index contributed by atoms with van der Waals surface area (Å²) in [4.78, 5) is 2.49. The van der Waals surface area contributed by atoms with Crippen molar-refractivity contribution in [1.82, 2.24) is 4.90 Å². The van der Waals surface area contributed by atoms with Gasteiger partial charge in [-0.3, -0.25) is 0 Å². The second-order valence-corrected chi connectivity index (χ2v) is 4.26. The molecule has 0 saturated carbocycles. The number of thioether (sulfide) groups is 1. The first kappa shape index (κ1) is 8.41. The van der Waals surface area contributed by atoms with E-state index in [0.29, 0.717) is 0 Å². The Morgan fingerprint density at radius 2 is 2.40 bits per heavy atom. The van der Waals surface area contributed by atoms with Crippen LogP contribution < -0.4 is 0 Å². The molecule has 1 unspecified atom stereocenters. The molecule has 0 aromatic rings. The van der Waals surface area contributed by atoms with Crippen LogP contribution in [0.2, 0.25) is 0 Å². The zero-order valence-electron chi connectivity index (χ0n) is 6.97. The van der Waals surface area contributed by atoms with Crippen LogP contribution in [0.5, 0.6) is 0 Å². The van der Waals surface area contributed by atoms with E-state index in [0.717, 1.165) is 6.04 Å². The Morgan fingerprint density at radius 1 is 1.60 bits per heavy atom. The van der Waals surface area contributed by atoms with Crippen LogP contribution in [0.1, 0.15) is 19.8 Å². The van der Waals surface area contributed by atoms with Gasteiger partial charge in [0.1, 0.15) is 0 Å². The summed E-state index contributed by atoms with van der Waals surface area (Å²) in [7, 11) is 2.24. The van der Waals surface area contributed by atoms with Gasteiger partial charge in [0, 0.05) is 11.8 Å². The van der Waals surface area contributed by atoms with Gasteiger partial charge in [0.05, 0.1) is 0 Å². The predicted molar refractivity (Wildman–Crippen MR) is 48.7 cm³/mol. The molecule has 0 N–H and O–H groups in total. The molecule has 0 aromatic heterocycles. The number of rotatable bonds is 3. The van der Waals surface area contributed by atoms with Crippen molar-refractivity contribution in [2.24, 2.45) is 0 Å². The van der Waals surface area contributed by atoms with Gasteiger partial charge >= 0.3 is 0 Å². The van der Waals surface area contributed by atoms with Crippen molar-refractivity contribution in [3.8, 4) is 0 Å². The van der Waals surface area contributed by atoms with E-state index in [9.17, 15) is 0 Å². The van der Waals surface area contributed by atoms with Crippen molar-refractivity contribution in [3.63, 3.8) is 0 Å². The minimum Gasteiger partial charge on any atom is -0.303 e. The number of hydrogen-bond donors (Lipinski definition) is 0. The van der Waals surface area contributed by atoms with E-state index in [1.54, 1.807) is 0 Å². The molecule has 1 aliphatic rings. The average molecular weight is 159 g/mol. The van der Waals surface area contributed by atoms with E-state index in [-0.39, 0.29) is 0 Å². The molecule has 0 radical (unpaired) electrons. The van der Waals surface area contributed by atoms with Gasteiger partial charge in [-0.05, 0) is 32.2 Å². The van der Waals surface area contributed by atoms with Gasteiger partial charge in [0.25, 0.3) is 0 Å². The molecule has 60 valence electrons. The average Bonchev–Trinajstić information content (AvgIpc) is 2.31. The summed E-state index contributed by atoms with van der Waals surface area (Å²) < 4.78 is 0. The highest BCUT2D eigenvalue weighted by Gasteiger charge is 2.19. The number of nitrogens with zero attached hydrogens (tertiary/aromatic N) is 1. The zero-order chi connectivity index (χ0) is 7.40. The van der Waals surface area contributed by atoms with Crippen molar-refractivity contribution in [3.05, 3.63) is 0 Å². The summed E-state index contributed by atoms with van der Waals surface area (Å²) in [5.74, 6) is 2.61. The smallest absolute Gasteiger partial charge is 0.0183 e. The fourth-order valence-electron chi connectivity index (χ4n) is 1.44. The lowest BCUT2D eigenvalue weighted by Gasteiger charge is -2.17. The predicted octanol–water partition coefficient (Wildman–Crippen LogP) is 1.83. The van der Waals surface area contributed by atoms with Gasteiger partial charge in [-0.15, -0.1) is 0 Å². The zero-order valence-corrected chi connectivity index (χ0v) is 7.78. The molecule has 0 aromatic carbocycles. The van der Waals surface area contributed by atoms with Gasteiger partial charge in [-0.1, -0.05) is 6.92 Å². The summed E-state index contributed by atoms with van der Waals surface area (Å²) in [6.07, 6.45) is 2.83. The van der Waals surface area contributed by atoms with Gasteiger partial charge < -0.3 is 4.90 Å². The third-order valence-electron chi connectivity index (χ3n) is 2.19. The highest BCUT2D eigenvalue weighted by Crippen LogP contribution is 2.18. The maximum absolute atomic E-state index is 2.49. The third kappa shape index (κ3) is 2.17. The Bertz CT molecular complexity index is 95.3. The lowest BCUT2D eigenvalue weighted by atomic mass is 10.2. The summed E-state index contributed by atoms with van der Waals surface area (Å²) in [5.41, 5.74) is 0. The Kier molecular flexibility index (Phi) is 3.57. The quantitative estimate of drug-likeness (QED) is 0.618. The fourth-order valence-corrected chi connectivity index (χ4v) is 2.37. The standard InChI is InChI=1S/C8H17NS/c1-3-10-7-8-5-4-6-9(8)2/h8H,3-7H2,1-2H3. The van der Waals surface area contributed by atoms with Crippen molar-refractivity contribution in [2.75, 3.05) is 25.1 Å². The molecule has 0 spiro atoms. The summed E-state index contributed by atoms with van der Waals surface area (Å²) >= 11 is 2.07. The van der Waals surface area contributed by atoms with Crippen molar-refractivity contribution >= 4 is 11.8 Å². The van der Waals surface area contributed by atoms with E-state index in [2.05, 4.69) is 30.6 Å². The molecule has 10 heavy (non-hydrogen) atoms. The van der Waals surface area contributed by atoms with Crippen LogP contribution in [0.15, 0.2) is 0 Å². The van der Waals surface area contributed by atoms with E-state index in [1.165, 1.54) is 30.9 Å². The Hall–Kier alpha value is 0.310. The fraction of sp³-hybridized carbons (Fsp3) is 1.00. The first-order valence-electron chi connectivity index (χ1n) is 4.12. The Labute approximate surface area is 68.2 Å². The van der Waals surface area contributed by atoms with Crippen molar-refractivity contribution in [1.29, 1.82) is 0 Å². The second-order valence-electron chi connectivity index (χ2n) is 2.94. The maximum atomic E-state index is 2.49. The van der Waals surface area contributed by atoms with E-state index < -0.39 is 0 Å². The molecule has 1 saturated heterocycles. The Balaban J connectivity index is 2.14. The van der Waals surface area contributed by atoms with E-state index in [4.69, 9.17) is 0 Å². The maximum Gasteiger partial charge on any atom is 0.0183 e. The first-order valence-corrected chi connectivity index (χ1v) is 5.28. The molecule has 1 aliphatic heterocycles. The summed E-state index contributed by atoms with van der Waals surface area (Å²) in [6.45, 7) is 3.55. The van der Waals surface area contributed by atoms with Crippen LogP contribution in [0.25, 0.3) is 0 Å². The normalized spacial score (nSPS) is 27.6. The van der Waals surface area contributed by atoms with Gasteiger partial charge in [0.15, 0.2) is 0 Å². The van der Waals surface area contributed by atoms with Crippen LogP contribution in [-0.2, 0) is 0 Å². The molecule has 0 amide bonds. The summed E-state index contributed by atoms with van der Waals surface area (Å²) in [6, 6.07) is 0.880. The van der Waals surface area contributed by atoms with Crippen molar-refractivity contribution < 1.29 is 0 Å². The van der Waals surface area contributed by atoms with Gasteiger partial charge in [-0.25, -0.2) is 0 Å². The lowest BCUT2D eigenvalue weighted by Crippen LogP contribution is -2.26. The number of hydrogen-bond acceptors (Lipinski definition) is 2. The highest BCUT2D eigenvalue weighted by molar-refractivity contribution is 7.99. The molecule has 1 nitrogen and oxygen atoms in total.